The zero-order chi connectivity index (χ0) is 11.3. The number of aromatic nitrogens is 1. The third kappa shape index (κ3) is 3.30. The summed E-state index contributed by atoms with van der Waals surface area (Å²) < 4.78 is 4.68. The van der Waals surface area contributed by atoms with Crippen molar-refractivity contribution in [2.24, 2.45) is 0 Å². The Kier molecular flexibility index (Phi) is 4.19. The van der Waals surface area contributed by atoms with E-state index in [4.69, 9.17) is 5.11 Å². The number of hydrogen-bond acceptors (Lipinski definition) is 5. The Hall–Kier alpha value is -1.47. The fourth-order valence-corrected chi connectivity index (χ4v) is 1.42. The Morgan fingerprint density at radius 1 is 1.73 bits per heavy atom. The number of ether oxygens (including phenoxy) is 1. The minimum absolute atomic E-state index is 0.0696. The van der Waals surface area contributed by atoms with Crippen LogP contribution in [0.15, 0.2) is 11.7 Å². The maximum absolute atomic E-state index is 11.4. The van der Waals surface area contributed by atoms with Gasteiger partial charge in [0, 0.05) is 7.11 Å². The lowest BCUT2D eigenvalue weighted by molar-refractivity contribution is -0.140. The predicted octanol–water partition coefficient (Wildman–Crippen LogP) is -0.0275. The monoisotopic (exact) mass is 230 g/mol. The molecule has 2 N–H and O–H groups in total. The normalized spacial score (nSPS) is 12.1. The number of carbonyl (C=O) groups is 2. The zero-order valence-electron chi connectivity index (χ0n) is 7.97. The summed E-state index contributed by atoms with van der Waals surface area (Å²) in [7, 11) is 1.37. The van der Waals surface area contributed by atoms with Gasteiger partial charge in [0.1, 0.15) is 4.88 Å². The molecule has 0 spiro atoms. The number of methoxy groups -OCH3 is 1. The van der Waals surface area contributed by atoms with Gasteiger partial charge in [0.05, 0.1) is 18.3 Å². The molecule has 0 aliphatic rings. The van der Waals surface area contributed by atoms with E-state index in [1.54, 1.807) is 0 Å². The largest absolute Gasteiger partial charge is 0.480 e. The highest BCUT2D eigenvalue weighted by atomic mass is 32.1. The molecule has 0 saturated heterocycles. The highest BCUT2D eigenvalue weighted by Gasteiger charge is 2.20. The van der Waals surface area contributed by atoms with Crippen LogP contribution in [0.4, 0.5) is 0 Å². The minimum Gasteiger partial charge on any atom is -0.480 e. The van der Waals surface area contributed by atoms with Crippen molar-refractivity contribution in [3.63, 3.8) is 0 Å². The number of carboxylic acid groups (broad SMARTS) is 1. The number of carbonyl (C=O) groups excluding carboxylic acids is 1. The molecule has 6 nitrogen and oxygen atoms in total. The molecule has 1 aromatic heterocycles. The third-order valence-electron chi connectivity index (χ3n) is 1.59. The first-order chi connectivity index (χ1) is 7.15. The van der Waals surface area contributed by atoms with Crippen LogP contribution >= 0.6 is 11.3 Å². The van der Waals surface area contributed by atoms with E-state index in [0.29, 0.717) is 4.88 Å². The number of aliphatic carboxylic acids is 1. The van der Waals surface area contributed by atoms with Crippen molar-refractivity contribution < 1.29 is 19.4 Å². The van der Waals surface area contributed by atoms with Crippen LogP contribution in [-0.4, -0.2) is 41.7 Å². The molecule has 0 bridgehead atoms. The summed E-state index contributed by atoms with van der Waals surface area (Å²) in [4.78, 5) is 26.2. The summed E-state index contributed by atoms with van der Waals surface area (Å²) in [5.41, 5.74) is 1.50. The Morgan fingerprint density at radius 3 is 2.93 bits per heavy atom. The lowest BCUT2D eigenvalue weighted by Gasteiger charge is -2.12. The van der Waals surface area contributed by atoms with Gasteiger partial charge in [0.2, 0.25) is 0 Å². The van der Waals surface area contributed by atoms with E-state index in [2.05, 4.69) is 15.0 Å². The van der Waals surface area contributed by atoms with Gasteiger partial charge in [-0.05, 0) is 0 Å². The molecule has 7 heteroatoms. The maximum atomic E-state index is 11.4. The van der Waals surface area contributed by atoms with Crippen LogP contribution in [0.1, 0.15) is 9.67 Å². The van der Waals surface area contributed by atoms with E-state index >= 15 is 0 Å². The molecular weight excluding hydrogens is 220 g/mol. The first-order valence-corrected chi connectivity index (χ1v) is 4.94. The van der Waals surface area contributed by atoms with Gasteiger partial charge in [-0.3, -0.25) is 9.78 Å². The summed E-state index contributed by atoms with van der Waals surface area (Å²) in [5.74, 6) is -1.59. The molecule has 1 amide bonds. The van der Waals surface area contributed by atoms with E-state index in [-0.39, 0.29) is 6.61 Å². The van der Waals surface area contributed by atoms with Crippen molar-refractivity contribution in [3.05, 3.63) is 16.6 Å². The lowest BCUT2D eigenvalue weighted by atomic mass is 10.3. The van der Waals surface area contributed by atoms with Gasteiger partial charge in [-0.15, -0.1) is 11.3 Å². The van der Waals surface area contributed by atoms with Gasteiger partial charge in [0.25, 0.3) is 5.91 Å². The van der Waals surface area contributed by atoms with Crippen LogP contribution in [0.5, 0.6) is 0 Å². The maximum Gasteiger partial charge on any atom is 0.328 e. The van der Waals surface area contributed by atoms with Crippen LogP contribution in [0.2, 0.25) is 0 Å². The molecule has 1 heterocycles. The van der Waals surface area contributed by atoms with Crippen molar-refractivity contribution in [2.45, 2.75) is 6.04 Å². The Labute approximate surface area is 89.9 Å². The van der Waals surface area contributed by atoms with Gasteiger partial charge >= 0.3 is 5.97 Å². The molecule has 0 radical (unpaired) electrons. The fraction of sp³-hybridized carbons (Fsp3) is 0.375. The van der Waals surface area contributed by atoms with Crippen molar-refractivity contribution in [1.82, 2.24) is 10.3 Å². The molecule has 15 heavy (non-hydrogen) atoms. The lowest BCUT2D eigenvalue weighted by Crippen LogP contribution is -2.43. The molecule has 1 rings (SSSR count). The van der Waals surface area contributed by atoms with Crippen molar-refractivity contribution in [3.8, 4) is 0 Å². The molecule has 0 fully saturated rings. The zero-order valence-corrected chi connectivity index (χ0v) is 8.78. The first kappa shape index (κ1) is 11.6. The van der Waals surface area contributed by atoms with Crippen LogP contribution in [-0.2, 0) is 9.53 Å². The van der Waals surface area contributed by atoms with E-state index in [1.165, 1.54) is 18.8 Å². The quantitative estimate of drug-likeness (QED) is 0.741. The van der Waals surface area contributed by atoms with Crippen LogP contribution in [0.25, 0.3) is 0 Å². The average molecular weight is 230 g/mol. The SMILES string of the molecule is COCC(NC(=O)c1cncs1)C(=O)O. The van der Waals surface area contributed by atoms with Gasteiger partial charge in [0.15, 0.2) is 6.04 Å². The minimum atomic E-state index is -1.13. The van der Waals surface area contributed by atoms with Crippen LogP contribution < -0.4 is 5.32 Å². The summed E-state index contributed by atoms with van der Waals surface area (Å²) in [6.07, 6.45) is 1.38. The molecule has 0 aliphatic carbocycles. The molecule has 0 aromatic carbocycles. The number of rotatable bonds is 5. The fourth-order valence-electron chi connectivity index (χ4n) is 0.899. The predicted molar refractivity (Wildman–Crippen MR) is 52.9 cm³/mol. The van der Waals surface area contributed by atoms with E-state index < -0.39 is 17.9 Å². The van der Waals surface area contributed by atoms with Crippen molar-refractivity contribution in [1.29, 1.82) is 0 Å². The van der Waals surface area contributed by atoms with E-state index in [1.807, 2.05) is 0 Å². The number of carboxylic acids is 1. The van der Waals surface area contributed by atoms with Gasteiger partial charge < -0.3 is 15.2 Å². The molecule has 0 saturated carbocycles. The Bertz CT molecular complexity index is 338. The number of amides is 1. The Morgan fingerprint density at radius 2 is 2.47 bits per heavy atom. The van der Waals surface area contributed by atoms with E-state index in [9.17, 15) is 9.59 Å². The number of nitrogens with one attached hydrogen (secondary N) is 1. The highest BCUT2D eigenvalue weighted by molar-refractivity contribution is 7.11. The van der Waals surface area contributed by atoms with Gasteiger partial charge in [-0.2, -0.15) is 0 Å². The molecule has 1 unspecified atom stereocenters. The molecule has 1 atom stereocenters. The van der Waals surface area contributed by atoms with Gasteiger partial charge in [-0.1, -0.05) is 0 Å². The number of nitrogens with zero attached hydrogens (tertiary/aromatic N) is 1. The summed E-state index contributed by atoms with van der Waals surface area (Å²) in [6.45, 7) is -0.0696. The molecule has 1 aromatic rings. The molecule has 0 aliphatic heterocycles. The summed E-state index contributed by atoms with van der Waals surface area (Å²) in [5, 5.41) is 11.1. The van der Waals surface area contributed by atoms with E-state index in [0.717, 1.165) is 11.3 Å². The second-order valence-corrected chi connectivity index (χ2v) is 3.57. The molecular formula is C8H10N2O4S. The summed E-state index contributed by atoms with van der Waals surface area (Å²) >= 11 is 1.15. The highest BCUT2D eigenvalue weighted by Crippen LogP contribution is 2.05. The first-order valence-electron chi connectivity index (χ1n) is 4.06. The van der Waals surface area contributed by atoms with Crippen molar-refractivity contribution in [2.75, 3.05) is 13.7 Å². The van der Waals surface area contributed by atoms with Crippen LogP contribution in [0, 0.1) is 0 Å². The average Bonchev–Trinajstić information content (AvgIpc) is 2.69. The topological polar surface area (TPSA) is 88.5 Å². The number of hydrogen-bond donors (Lipinski definition) is 2. The number of thiazole rings is 1. The van der Waals surface area contributed by atoms with Gasteiger partial charge in [-0.25, -0.2) is 4.79 Å². The second-order valence-electron chi connectivity index (χ2n) is 2.69. The Balaban J connectivity index is 2.59. The second kappa shape index (κ2) is 5.42. The van der Waals surface area contributed by atoms with Crippen LogP contribution in [0.3, 0.4) is 0 Å². The third-order valence-corrected chi connectivity index (χ3v) is 2.36. The smallest absolute Gasteiger partial charge is 0.328 e. The van der Waals surface area contributed by atoms with Crippen molar-refractivity contribution >= 4 is 23.2 Å². The summed E-state index contributed by atoms with van der Waals surface area (Å²) in [6, 6.07) is -1.04. The standard InChI is InChI=1S/C8H10N2O4S/c1-14-3-5(8(12)13)10-7(11)6-2-9-4-15-6/h2,4-5H,3H2,1H3,(H,10,11)(H,12,13). The molecule has 82 valence electrons.